The third-order valence-electron chi connectivity index (χ3n) is 10.5. The SMILES string of the molecule is Cn1nc(NS(C)(=O)=O)c2cccc(-c3cc4[nH]c(C5CC5)nc4nc3[C@H](Cc3cc(F)cc(F)c3)NC(=O)Cn3nc(C(F)(F)F)c4c3C(F)(F)[C@@H]3C=C[C@H]43)c21. The van der Waals surface area contributed by atoms with Crippen molar-refractivity contribution in [3.8, 4) is 11.1 Å². The highest BCUT2D eigenvalue weighted by Crippen LogP contribution is 2.60. The Hall–Kier alpha value is -5.79. The minimum absolute atomic E-state index is 0.0236. The number of aromatic nitrogens is 7. The minimum atomic E-state index is -5.09. The predicted octanol–water partition coefficient (Wildman–Crippen LogP) is 6.73. The average molecular weight is 814 g/mol. The number of allylic oxidation sites excluding steroid dienone is 2. The van der Waals surface area contributed by atoms with E-state index in [1.165, 1.54) is 10.8 Å². The Morgan fingerprint density at radius 1 is 1.04 bits per heavy atom. The summed E-state index contributed by atoms with van der Waals surface area (Å²) < 4.78 is 131. The zero-order valence-corrected chi connectivity index (χ0v) is 30.6. The van der Waals surface area contributed by atoms with Gasteiger partial charge in [0.2, 0.25) is 15.9 Å². The van der Waals surface area contributed by atoms with Gasteiger partial charge in [-0.25, -0.2) is 27.2 Å². The number of alkyl halides is 5. The highest BCUT2D eigenvalue weighted by molar-refractivity contribution is 7.92. The van der Waals surface area contributed by atoms with Gasteiger partial charge in [0, 0.05) is 47.0 Å². The van der Waals surface area contributed by atoms with Gasteiger partial charge in [0.1, 0.15) is 29.7 Å². The maximum absolute atomic E-state index is 15.6. The van der Waals surface area contributed by atoms with Gasteiger partial charge in [0.25, 0.3) is 5.92 Å². The van der Waals surface area contributed by atoms with Crippen molar-refractivity contribution in [3.05, 3.63) is 100 Å². The summed E-state index contributed by atoms with van der Waals surface area (Å²) in [5, 5.41) is 10.9. The number of hydrogen-bond donors (Lipinski definition) is 3. The first kappa shape index (κ1) is 36.8. The van der Waals surface area contributed by atoms with Gasteiger partial charge in [-0.2, -0.15) is 32.1 Å². The second-order valence-electron chi connectivity index (χ2n) is 14.7. The Morgan fingerprint density at radius 2 is 1.77 bits per heavy atom. The van der Waals surface area contributed by atoms with Crippen LogP contribution in [0.3, 0.4) is 0 Å². The lowest BCUT2D eigenvalue weighted by molar-refractivity contribution is -0.142. The highest BCUT2D eigenvalue weighted by atomic mass is 32.2. The van der Waals surface area contributed by atoms with Crippen molar-refractivity contribution in [3.63, 3.8) is 0 Å². The number of sulfonamides is 1. The molecule has 2 aromatic carbocycles. The van der Waals surface area contributed by atoms with Gasteiger partial charge in [-0.1, -0.05) is 24.3 Å². The molecule has 0 aliphatic heterocycles. The van der Waals surface area contributed by atoms with E-state index in [9.17, 15) is 35.2 Å². The number of pyridine rings is 1. The molecule has 6 aromatic rings. The van der Waals surface area contributed by atoms with E-state index in [4.69, 9.17) is 4.98 Å². The van der Waals surface area contributed by atoms with Crippen molar-refractivity contribution in [2.24, 2.45) is 13.0 Å². The Kier molecular flexibility index (Phi) is 8.14. The molecular weight excluding hydrogens is 784 g/mol. The standard InChI is InChI=1S/C37H30F7N9O3S/c1-52-30-20(4-3-5-22(30)34(50-52)51-57(2,55)56)23-14-26-35(48-33(46-26)17-6-7-17)47-29(23)25(12-16-10-18(38)13-19(39)11-16)45-27(54)15-53-32-28(31(49-53)37(42,43)44)21-8-9-24(21)36(32,40)41/h3-5,8-11,13-14,17,21,24-25H,6-7,12,15H2,1-2H3,(H,45,54)(H,50,51)(H,46,47,48)/t21-,24+,25-/m0/s1. The largest absolute Gasteiger partial charge is 0.435 e. The fourth-order valence-electron chi connectivity index (χ4n) is 7.95. The number of benzene rings is 2. The van der Waals surface area contributed by atoms with Crippen molar-refractivity contribution >= 4 is 43.8 Å². The van der Waals surface area contributed by atoms with Gasteiger partial charge in [-0.15, -0.1) is 0 Å². The van der Waals surface area contributed by atoms with Crippen molar-refractivity contribution in [2.45, 2.75) is 55.8 Å². The number of H-pyrrole nitrogens is 1. The lowest BCUT2D eigenvalue weighted by Crippen LogP contribution is -2.36. The maximum Gasteiger partial charge on any atom is 0.435 e. The summed E-state index contributed by atoms with van der Waals surface area (Å²) in [6.45, 7) is -1.06. The zero-order valence-electron chi connectivity index (χ0n) is 29.8. The number of aromatic amines is 1. The molecule has 296 valence electrons. The predicted molar refractivity (Wildman–Crippen MR) is 191 cm³/mol. The van der Waals surface area contributed by atoms with Gasteiger partial charge >= 0.3 is 6.18 Å². The van der Waals surface area contributed by atoms with Crippen molar-refractivity contribution in [1.29, 1.82) is 0 Å². The highest BCUT2D eigenvalue weighted by Gasteiger charge is 2.61. The van der Waals surface area contributed by atoms with Crippen molar-refractivity contribution < 1.29 is 43.9 Å². The van der Waals surface area contributed by atoms with E-state index >= 15 is 8.78 Å². The molecule has 1 saturated carbocycles. The van der Waals surface area contributed by atoms with E-state index in [0.717, 1.165) is 37.3 Å². The molecule has 1 fully saturated rings. The monoisotopic (exact) mass is 813 g/mol. The molecule has 0 unspecified atom stereocenters. The number of amides is 1. The molecule has 0 spiro atoms. The normalized spacial score (nSPS) is 19.1. The summed E-state index contributed by atoms with van der Waals surface area (Å²) in [5.74, 6) is -8.57. The molecule has 1 amide bonds. The van der Waals surface area contributed by atoms with Crippen LogP contribution in [0.1, 0.15) is 64.8 Å². The number of rotatable bonds is 10. The Labute approximate surface area is 318 Å². The maximum atomic E-state index is 15.6. The summed E-state index contributed by atoms with van der Waals surface area (Å²) in [7, 11) is -2.18. The summed E-state index contributed by atoms with van der Waals surface area (Å²) in [6.07, 6.45) is -0.312. The molecule has 0 radical (unpaired) electrons. The fraction of sp³-hybridized carbons (Fsp3) is 0.324. The number of nitrogens with one attached hydrogen (secondary N) is 3. The van der Waals surface area contributed by atoms with Crippen LogP contribution >= 0.6 is 0 Å². The molecule has 0 bridgehead atoms. The molecular formula is C37H30F7N9O3S. The molecule has 57 heavy (non-hydrogen) atoms. The summed E-state index contributed by atoms with van der Waals surface area (Å²) in [5.41, 5.74) is -1.16. The van der Waals surface area contributed by atoms with Crippen LogP contribution in [0, 0.1) is 17.6 Å². The van der Waals surface area contributed by atoms with Crippen LogP contribution in [0.15, 0.2) is 54.6 Å². The molecule has 3 atom stereocenters. The molecule has 20 heteroatoms. The van der Waals surface area contributed by atoms with E-state index in [1.807, 2.05) is 0 Å². The van der Waals surface area contributed by atoms with Crippen LogP contribution in [0.4, 0.5) is 36.6 Å². The lowest BCUT2D eigenvalue weighted by atomic mass is 9.81. The van der Waals surface area contributed by atoms with Gasteiger partial charge in [-0.3, -0.25) is 18.9 Å². The molecule has 3 N–H and O–H groups in total. The Bertz CT molecular complexity index is 2790. The average Bonchev–Trinajstić information content (AvgIpc) is 3.57. The quantitative estimate of drug-likeness (QED) is 0.103. The topological polar surface area (TPSA) is 152 Å². The number of carbonyl (C=O) groups is 1. The van der Waals surface area contributed by atoms with Crippen molar-refractivity contribution in [2.75, 3.05) is 11.0 Å². The first-order valence-electron chi connectivity index (χ1n) is 17.7. The Balaban J connectivity index is 1.19. The first-order valence-corrected chi connectivity index (χ1v) is 19.6. The van der Waals surface area contributed by atoms with Crippen LogP contribution in [-0.2, 0) is 46.9 Å². The van der Waals surface area contributed by atoms with Crippen LogP contribution in [0.2, 0.25) is 0 Å². The first-order chi connectivity index (χ1) is 26.9. The number of para-hydroxylation sites is 1. The molecule has 4 heterocycles. The van der Waals surface area contributed by atoms with Crippen molar-refractivity contribution in [1.82, 2.24) is 39.8 Å². The number of halogens is 7. The molecule has 0 saturated heterocycles. The number of nitrogens with zero attached hydrogens (tertiary/aromatic N) is 6. The smallest absolute Gasteiger partial charge is 0.346 e. The lowest BCUT2D eigenvalue weighted by Gasteiger charge is -2.27. The second kappa shape index (κ2) is 12.6. The second-order valence-corrected chi connectivity index (χ2v) is 16.4. The number of hydrogen-bond acceptors (Lipinski definition) is 7. The van der Waals surface area contributed by atoms with E-state index in [0.29, 0.717) is 44.1 Å². The summed E-state index contributed by atoms with van der Waals surface area (Å²) >= 11 is 0. The third-order valence-corrected chi connectivity index (χ3v) is 11.0. The van der Waals surface area contributed by atoms with Crippen LogP contribution in [0.5, 0.6) is 0 Å². The molecule has 3 aliphatic rings. The number of carbonyl (C=O) groups excluding carboxylic acids is 1. The number of imidazole rings is 1. The van der Waals surface area contributed by atoms with Gasteiger partial charge in [-0.05, 0) is 49.1 Å². The van der Waals surface area contributed by atoms with Gasteiger partial charge in [0.15, 0.2) is 17.2 Å². The van der Waals surface area contributed by atoms with E-state index in [2.05, 4.69) is 30.2 Å². The molecule has 9 rings (SSSR count). The third kappa shape index (κ3) is 6.38. The van der Waals surface area contributed by atoms with E-state index in [-0.39, 0.29) is 35.1 Å². The van der Waals surface area contributed by atoms with Crippen LogP contribution in [-0.4, -0.2) is 55.1 Å². The van der Waals surface area contributed by atoms with Crippen LogP contribution in [0.25, 0.3) is 33.2 Å². The minimum Gasteiger partial charge on any atom is -0.346 e. The molecule has 3 aliphatic carbocycles. The molecule has 4 aromatic heterocycles. The van der Waals surface area contributed by atoms with E-state index in [1.54, 1.807) is 31.3 Å². The zero-order chi connectivity index (χ0) is 40.3. The summed E-state index contributed by atoms with van der Waals surface area (Å²) in [6, 6.07) is 8.07. The fourth-order valence-corrected chi connectivity index (χ4v) is 8.45. The number of fused-ring (bicyclic) bond motifs is 5. The summed E-state index contributed by atoms with van der Waals surface area (Å²) in [4.78, 5) is 26.8. The van der Waals surface area contributed by atoms with Gasteiger partial charge in [0.05, 0.1) is 34.9 Å². The number of anilines is 1. The van der Waals surface area contributed by atoms with E-state index < -0.39 is 81.0 Å². The van der Waals surface area contributed by atoms with Gasteiger partial charge < -0.3 is 10.3 Å². The molecule has 12 nitrogen and oxygen atoms in total. The van der Waals surface area contributed by atoms with Crippen LogP contribution < -0.4 is 10.0 Å². The Morgan fingerprint density at radius 3 is 2.42 bits per heavy atom. The number of aryl methyl sites for hydroxylation is 1.